The minimum Gasteiger partial charge on any atom is -0.380 e. The predicted molar refractivity (Wildman–Crippen MR) is 59.8 cm³/mol. The standard InChI is InChI=1S/C11H17N3/c1-9(2)8-14-7-6-12-10-4-3-5-13-11(10)14/h3-5,9,12H,6-8H2,1-2H3. The fraction of sp³-hybridized carbons (Fsp3) is 0.545. The topological polar surface area (TPSA) is 28.2 Å². The number of nitrogens with one attached hydrogen (secondary N) is 1. The van der Waals surface area contributed by atoms with Gasteiger partial charge >= 0.3 is 0 Å². The first-order valence-corrected chi connectivity index (χ1v) is 5.21. The van der Waals surface area contributed by atoms with E-state index in [1.807, 2.05) is 12.3 Å². The lowest BCUT2D eigenvalue weighted by Gasteiger charge is -2.31. The normalized spacial score (nSPS) is 15.2. The van der Waals surface area contributed by atoms with Gasteiger partial charge in [0.15, 0.2) is 5.82 Å². The molecule has 0 radical (unpaired) electrons. The summed E-state index contributed by atoms with van der Waals surface area (Å²) in [4.78, 5) is 6.77. The number of hydrogen-bond acceptors (Lipinski definition) is 3. The summed E-state index contributed by atoms with van der Waals surface area (Å²) in [6.07, 6.45) is 1.86. The Kier molecular flexibility index (Phi) is 2.57. The zero-order valence-electron chi connectivity index (χ0n) is 8.83. The number of nitrogens with zero attached hydrogens (tertiary/aromatic N) is 2. The van der Waals surface area contributed by atoms with E-state index in [2.05, 4.69) is 35.1 Å². The molecule has 14 heavy (non-hydrogen) atoms. The Morgan fingerprint density at radius 3 is 3.21 bits per heavy atom. The van der Waals surface area contributed by atoms with E-state index < -0.39 is 0 Å². The molecule has 0 aromatic carbocycles. The van der Waals surface area contributed by atoms with Crippen LogP contribution in [0.5, 0.6) is 0 Å². The fourth-order valence-electron chi connectivity index (χ4n) is 1.84. The van der Waals surface area contributed by atoms with Gasteiger partial charge in [-0.15, -0.1) is 0 Å². The molecule has 2 rings (SSSR count). The lowest BCUT2D eigenvalue weighted by atomic mass is 10.2. The summed E-state index contributed by atoms with van der Waals surface area (Å²) in [5, 5.41) is 3.36. The Balaban J connectivity index is 2.22. The van der Waals surface area contributed by atoms with E-state index in [1.54, 1.807) is 0 Å². The van der Waals surface area contributed by atoms with Gasteiger partial charge in [-0.1, -0.05) is 13.8 Å². The van der Waals surface area contributed by atoms with E-state index in [-0.39, 0.29) is 0 Å². The molecule has 1 aromatic rings. The third-order valence-electron chi connectivity index (χ3n) is 2.37. The van der Waals surface area contributed by atoms with Crippen molar-refractivity contribution >= 4 is 11.5 Å². The number of hydrogen-bond donors (Lipinski definition) is 1. The number of aromatic nitrogens is 1. The highest BCUT2D eigenvalue weighted by Crippen LogP contribution is 2.25. The second-order valence-corrected chi connectivity index (χ2v) is 4.14. The smallest absolute Gasteiger partial charge is 0.152 e. The highest BCUT2D eigenvalue weighted by atomic mass is 15.2. The van der Waals surface area contributed by atoms with Crippen LogP contribution in [0.1, 0.15) is 13.8 Å². The van der Waals surface area contributed by atoms with Crippen LogP contribution in [0.15, 0.2) is 18.3 Å². The second kappa shape index (κ2) is 3.86. The largest absolute Gasteiger partial charge is 0.380 e. The predicted octanol–water partition coefficient (Wildman–Crippen LogP) is 1.97. The van der Waals surface area contributed by atoms with Crippen molar-refractivity contribution in [2.75, 3.05) is 29.9 Å². The Morgan fingerprint density at radius 2 is 2.43 bits per heavy atom. The maximum atomic E-state index is 4.42. The van der Waals surface area contributed by atoms with Gasteiger partial charge in [0.1, 0.15) is 0 Å². The third-order valence-corrected chi connectivity index (χ3v) is 2.37. The van der Waals surface area contributed by atoms with E-state index in [4.69, 9.17) is 0 Å². The second-order valence-electron chi connectivity index (χ2n) is 4.14. The van der Waals surface area contributed by atoms with Gasteiger partial charge in [0, 0.05) is 25.8 Å². The summed E-state index contributed by atoms with van der Waals surface area (Å²) in [6.45, 7) is 7.65. The molecule has 0 unspecified atom stereocenters. The minimum atomic E-state index is 0.683. The quantitative estimate of drug-likeness (QED) is 0.774. The summed E-state index contributed by atoms with van der Waals surface area (Å²) in [5.74, 6) is 1.79. The first kappa shape index (κ1) is 9.31. The average Bonchev–Trinajstić information content (AvgIpc) is 2.18. The first-order chi connectivity index (χ1) is 6.77. The molecule has 0 fully saturated rings. The lowest BCUT2D eigenvalue weighted by Crippen LogP contribution is -2.37. The molecule has 0 atom stereocenters. The third kappa shape index (κ3) is 1.81. The zero-order chi connectivity index (χ0) is 9.97. The molecular formula is C11H17N3. The van der Waals surface area contributed by atoms with Crippen molar-refractivity contribution in [3.05, 3.63) is 18.3 Å². The Labute approximate surface area is 85.1 Å². The van der Waals surface area contributed by atoms with E-state index >= 15 is 0 Å². The molecule has 0 amide bonds. The molecular weight excluding hydrogens is 174 g/mol. The molecule has 0 aliphatic carbocycles. The summed E-state index contributed by atoms with van der Waals surface area (Å²) in [6, 6.07) is 4.07. The molecule has 1 aliphatic rings. The van der Waals surface area contributed by atoms with Crippen molar-refractivity contribution in [2.24, 2.45) is 5.92 Å². The van der Waals surface area contributed by atoms with Crippen molar-refractivity contribution in [2.45, 2.75) is 13.8 Å². The molecule has 3 heteroatoms. The molecule has 0 spiro atoms. The first-order valence-electron chi connectivity index (χ1n) is 5.21. The zero-order valence-corrected chi connectivity index (χ0v) is 8.83. The minimum absolute atomic E-state index is 0.683. The van der Waals surface area contributed by atoms with Crippen LogP contribution < -0.4 is 10.2 Å². The molecule has 1 aromatic heterocycles. The molecule has 1 aliphatic heterocycles. The van der Waals surface area contributed by atoms with Crippen LogP contribution in [-0.2, 0) is 0 Å². The van der Waals surface area contributed by atoms with Gasteiger partial charge < -0.3 is 10.2 Å². The molecule has 3 nitrogen and oxygen atoms in total. The van der Waals surface area contributed by atoms with Gasteiger partial charge in [-0.05, 0) is 18.1 Å². The van der Waals surface area contributed by atoms with Gasteiger partial charge in [-0.25, -0.2) is 4.98 Å². The summed E-state index contributed by atoms with van der Waals surface area (Å²) in [5.41, 5.74) is 1.17. The van der Waals surface area contributed by atoms with Crippen LogP contribution in [0.2, 0.25) is 0 Å². The molecule has 2 heterocycles. The van der Waals surface area contributed by atoms with Crippen LogP contribution in [0.3, 0.4) is 0 Å². The maximum absolute atomic E-state index is 4.42. The van der Waals surface area contributed by atoms with E-state index in [0.29, 0.717) is 5.92 Å². The van der Waals surface area contributed by atoms with Gasteiger partial charge in [0.05, 0.1) is 5.69 Å². The lowest BCUT2D eigenvalue weighted by molar-refractivity contribution is 0.605. The average molecular weight is 191 g/mol. The van der Waals surface area contributed by atoms with Crippen LogP contribution >= 0.6 is 0 Å². The number of rotatable bonds is 2. The van der Waals surface area contributed by atoms with E-state index in [0.717, 1.165) is 25.5 Å². The summed E-state index contributed by atoms with van der Waals surface area (Å²) < 4.78 is 0. The summed E-state index contributed by atoms with van der Waals surface area (Å²) in [7, 11) is 0. The fourth-order valence-corrected chi connectivity index (χ4v) is 1.84. The number of pyridine rings is 1. The molecule has 0 saturated heterocycles. The number of fused-ring (bicyclic) bond motifs is 1. The SMILES string of the molecule is CC(C)CN1CCNc2cccnc21. The Hall–Kier alpha value is -1.25. The van der Waals surface area contributed by atoms with Gasteiger partial charge in [0.25, 0.3) is 0 Å². The van der Waals surface area contributed by atoms with Crippen LogP contribution in [0, 0.1) is 5.92 Å². The molecule has 76 valence electrons. The van der Waals surface area contributed by atoms with Crippen LogP contribution in [0.25, 0.3) is 0 Å². The highest BCUT2D eigenvalue weighted by Gasteiger charge is 2.17. The van der Waals surface area contributed by atoms with Crippen LogP contribution in [0.4, 0.5) is 11.5 Å². The van der Waals surface area contributed by atoms with Crippen LogP contribution in [-0.4, -0.2) is 24.6 Å². The molecule has 1 N–H and O–H groups in total. The van der Waals surface area contributed by atoms with Gasteiger partial charge in [-0.2, -0.15) is 0 Å². The Morgan fingerprint density at radius 1 is 1.57 bits per heavy atom. The van der Waals surface area contributed by atoms with Crippen molar-refractivity contribution in [3.63, 3.8) is 0 Å². The maximum Gasteiger partial charge on any atom is 0.152 e. The molecule has 0 bridgehead atoms. The van der Waals surface area contributed by atoms with Crippen molar-refractivity contribution in [3.8, 4) is 0 Å². The van der Waals surface area contributed by atoms with Gasteiger partial charge in [-0.3, -0.25) is 0 Å². The monoisotopic (exact) mass is 191 g/mol. The number of anilines is 2. The van der Waals surface area contributed by atoms with Gasteiger partial charge in [0.2, 0.25) is 0 Å². The Bertz CT molecular complexity index is 309. The van der Waals surface area contributed by atoms with E-state index in [9.17, 15) is 0 Å². The van der Waals surface area contributed by atoms with E-state index in [1.165, 1.54) is 5.69 Å². The molecule has 0 saturated carbocycles. The highest BCUT2D eigenvalue weighted by molar-refractivity contribution is 5.67. The summed E-state index contributed by atoms with van der Waals surface area (Å²) >= 11 is 0. The van der Waals surface area contributed by atoms with Crippen molar-refractivity contribution < 1.29 is 0 Å². The van der Waals surface area contributed by atoms with Crippen molar-refractivity contribution in [1.82, 2.24) is 4.98 Å². The van der Waals surface area contributed by atoms with Crippen molar-refractivity contribution in [1.29, 1.82) is 0 Å².